The van der Waals surface area contributed by atoms with E-state index in [0.717, 1.165) is 31.8 Å². The molecular formula is C21H27N5O4. The van der Waals surface area contributed by atoms with Crippen molar-refractivity contribution in [3.63, 3.8) is 0 Å². The molecule has 9 heteroatoms. The number of hydrogen-bond donors (Lipinski definition) is 0. The lowest BCUT2D eigenvalue weighted by molar-refractivity contribution is -0.180. The monoisotopic (exact) mass is 413 g/mol. The van der Waals surface area contributed by atoms with Crippen molar-refractivity contribution in [2.45, 2.75) is 57.3 Å². The molecule has 2 saturated heterocycles. The van der Waals surface area contributed by atoms with Crippen LogP contribution >= 0.6 is 0 Å². The van der Waals surface area contributed by atoms with Gasteiger partial charge in [0, 0.05) is 57.5 Å². The van der Waals surface area contributed by atoms with E-state index in [1.807, 2.05) is 11.1 Å². The van der Waals surface area contributed by atoms with Crippen LogP contribution in [0.1, 0.15) is 54.2 Å². The van der Waals surface area contributed by atoms with Gasteiger partial charge in [0.15, 0.2) is 11.8 Å². The molecule has 0 N–H and O–H groups in total. The Bertz CT molecular complexity index is 937. The Hall–Kier alpha value is -2.68. The third kappa shape index (κ3) is 3.30. The van der Waals surface area contributed by atoms with Crippen LogP contribution in [0.25, 0.3) is 0 Å². The molecule has 3 aliphatic heterocycles. The van der Waals surface area contributed by atoms with Gasteiger partial charge < -0.3 is 23.6 Å². The Kier molecular flexibility index (Phi) is 4.85. The van der Waals surface area contributed by atoms with Crippen LogP contribution in [-0.2, 0) is 21.7 Å². The number of imidazole rings is 1. The number of aryl methyl sites for hydroxylation is 1. The normalized spacial score (nSPS) is 23.4. The predicted molar refractivity (Wildman–Crippen MR) is 106 cm³/mol. The van der Waals surface area contributed by atoms with E-state index in [0.29, 0.717) is 43.9 Å². The van der Waals surface area contributed by atoms with Gasteiger partial charge in [-0.15, -0.1) is 0 Å². The number of ether oxygens (including phenoxy) is 1. The first kappa shape index (κ1) is 19.3. The molecule has 2 aromatic heterocycles. The average molecular weight is 413 g/mol. The van der Waals surface area contributed by atoms with Gasteiger partial charge in [0.25, 0.3) is 11.8 Å². The van der Waals surface area contributed by atoms with Gasteiger partial charge in [0.05, 0.1) is 6.54 Å². The molecule has 160 valence electrons. The molecule has 0 radical (unpaired) electrons. The number of carbonyl (C=O) groups is 2. The number of rotatable bonds is 2. The van der Waals surface area contributed by atoms with Crippen LogP contribution in [0.3, 0.4) is 0 Å². The molecule has 5 rings (SSSR count). The quantitative estimate of drug-likeness (QED) is 0.744. The Morgan fingerprint density at radius 2 is 1.87 bits per heavy atom. The molecule has 2 amide bonds. The second kappa shape index (κ2) is 7.54. The molecule has 2 fully saturated rings. The molecule has 5 heterocycles. The van der Waals surface area contributed by atoms with Crippen LogP contribution in [0.4, 0.5) is 0 Å². The van der Waals surface area contributed by atoms with Gasteiger partial charge in [-0.25, -0.2) is 4.98 Å². The summed E-state index contributed by atoms with van der Waals surface area (Å²) in [6.45, 7) is 4.91. The summed E-state index contributed by atoms with van der Waals surface area (Å²) in [4.78, 5) is 34.2. The van der Waals surface area contributed by atoms with Crippen molar-refractivity contribution in [2.75, 3.05) is 26.2 Å². The Morgan fingerprint density at radius 3 is 2.57 bits per heavy atom. The van der Waals surface area contributed by atoms with Gasteiger partial charge >= 0.3 is 0 Å². The van der Waals surface area contributed by atoms with Gasteiger partial charge in [-0.2, -0.15) is 0 Å². The van der Waals surface area contributed by atoms with E-state index in [1.54, 1.807) is 24.1 Å². The van der Waals surface area contributed by atoms with E-state index >= 15 is 0 Å². The maximum atomic E-state index is 13.2. The van der Waals surface area contributed by atoms with E-state index in [2.05, 4.69) is 14.7 Å². The number of amides is 2. The van der Waals surface area contributed by atoms with Crippen molar-refractivity contribution in [1.29, 1.82) is 0 Å². The molecule has 3 aliphatic rings. The highest BCUT2D eigenvalue weighted by Crippen LogP contribution is 2.40. The molecule has 0 bridgehead atoms. The number of fused-ring (bicyclic) bond motifs is 2. The fourth-order valence-corrected chi connectivity index (χ4v) is 4.88. The van der Waals surface area contributed by atoms with Crippen LogP contribution in [0, 0.1) is 6.92 Å². The largest absolute Gasteiger partial charge is 0.361 e. The topological polar surface area (TPSA) is 93.7 Å². The summed E-state index contributed by atoms with van der Waals surface area (Å²) in [5.74, 6) is 1.41. The maximum absolute atomic E-state index is 13.2. The van der Waals surface area contributed by atoms with E-state index in [1.165, 1.54) is 6.42 Å². The van der Waals surface area contributed by atoms with Gasteiger partial charge in [-0.05, 0) is 26.2 Å². The van der Waals surface area contributed by atoms with Crippen LogP contribution in [-0.4, -0.2) is 68.6 Å². The minimum Gasteiger partial charge on any atom is -0.361 e. The van der Waals surface area contributed by atoms with Crippen molar-refractivity contribution < 1.29 is 18.8 Å². The number of piperidine rings is 2. The molecule has 30 heavy (non-hydrogen) atoms. The van der Waals surface area contributed by atoms with Gasteiger partial charge in [-0.1, -0.05) is 5.16 Å². The zero-order valence-corrected chi connectivity index (χ0v) is 17.2. The second-order valence-electron chi connectivity index (χ2n) is 8.50. The minimum atomic E-state index is -0.644. The molecule has 0 aromatic carbocycles. The Labute approximate surface area is 175 Å². The number of carbonyl (C=O) groups excluding carboxylic acids is 2. The molecular weight excluding hydrogens is 386 g/mol. The van der Waals surface area contributed by atoms with E-state index < -0.39 is 11.7 Å². The standard InChI is InChI=1S/C21H27N5O4/c1-15-13-16(23-30-15)18(27)25-10-5-21(6-11-25)20-22-7-12-26(20)14-17(29-21)19(28)24-8-3-2-4-9-24/h7,12-13,17H,2-6,8-11,14H2,1H3. The Morgan fingerprint density at radius 1 is 1.10 bits per heavy atom. The van der Waals surface area contributed by atoms with Gasteiger partial charge in [0.1, 0.15) is 17.2 Å². The number of likely N-dealkylation sites (tertiary alicyclic amines) is 2. The van der Waals surface area contributed by atoms with Crippen molar-refractivity contribution in [2.24, 2.45) is 0 Å². The lowest BCUT2D eigenvalue weighted by atomic mass is 9.88. The predicted octanol–water partition coefficient (Wildman–Crippen LogP) is 1.72. The summed E-state index contributed by atoms with van der Waals surface area (Å²) in [7, 11) is 0. The minimum absolute atomic E-state index is 0.0741. The van der Waals surface area contributed by atoms with E-state index in [4.69, 9.17) is 9.26 Å². The van der Waals surface area contributed by atoms with Gasteiger partial charge in [0.2, 0.25) is 0 Å². The summed E-state index contributed by atoms with van der Waals surface area (Å²) in [5.41, 5.74) is -0.318. The third-order valence-corrected chi connectivity index (χ3v) is 6.50. The lowest BCUT2D eigenvalue weighted by Crippen LogP contribution is -2.55. The molecule has 1 unspecified atom stereocenters. The molecule has 9 nitrogen and oxygen atoms in total. The highest BCUT2D eigenvalue weighted by atomic mass is 16.5. The average Bonchev–Trinajstić information content (AvgIpc) is 3.43. The zero-order valence-electron chi connectivity index (χ0n) is 17.2. The SMILES string of the molecule is Cc1cc(C(=O)N2CCC3(CC2)OC(C(=O)N2CCCCC2)Cn2ccnc23)no1. The number of nitrogens with zero attached hydrogens (tertiary/aromatic N) is 5. The van der Waals surface area contributed by atoms with E-state index in [-0.39, 0.29) is 11.8 Å². The molecule has 0 saturated carbocycles. The zero-order chi connectivity index (χ0) is 20.7. The highest BCUT2D eigenvalue weighted by molar-refractivity contribution is 5.92. The van der Waals surface area contributed by atoms with Crippen LogP contribution in [0.15, 0.2) is 23.0 Å². The summed E-state index contributed by atoms with van der Waals surface area (Å²) in [5, 5.41) is 3.85. The lowest BCUT2D eigenvalue weighted by Gasteiger charge is -2.46. The van der Waals surface area contributed by atoms with Crippen LogP contribution < -0.4 is 0 Å². The first-order valence-corrected chi connectivity index (χ1v) is 10.8. The molecule has 1 atom stereocenters. The first-order chi connectivity index (χ1) is 14.6. The molecule has 2 aromatic rings. The maximum Gasteiger partial charge on any atom is 0.276 e. The van der Waals surface area contributed by atoms with Crippen LogP contribution in [0.5, 0.6) is 0 Å². The summed E-state index contributed by atoms with van der Waals surface area (Å²) in [6.07, 6.45) is 7.66. The number of hydrogen-bond acceptors (Lipinski definition) is 6. The summed E-state index contributed by atoms with van der Waals surface area (Å²) >= 11 is 0. The van der Waals surface area contributed by atoms with Crippen LogP contribution in [0.2, 0.25) is 0 Å². The van der Waals surface area contributed by atoms with E-state index in [9.17, 15) is 9.59 Å². The van der Waals surface area contributed by atoms with Crippen molar-refractivity contribution in [1.82, 2.24) is 24.5 Å². The summed E-state index contributed by atoms with van der Waals surface area (Å²) in [6, 6.07) is 1.66. The highest BCUT2D eigenvalue weighted by Gasteiger charge is 2.48. The fraction of sp³-hybridized carbons (Fsp3) is 0.619. The Balaban J connectivity index is 1.33. The van der Waals surface area contributed by atoms with Crippen molar-refractivity contribution in [3.05, 3.63) is 35.7 Å². The van der Waals surface area contributed by atoms with Crippen molar-refractivity contribution >= 4 is 11.8 Å². The molecule has 0 aliphatic carbocycles. The second-order valence-corrected chi connectivity index (χ2v) is 8.50. The number of aromatic nitrogens is 3. The fourth-order valence-electron chi connectivity index (χ4n) is 4.88. The van der Waals surface area contributed by atoms with Crippen molar-refractivity contribution in [3.8, 4) is 0 Å². The summed E-state index contributed by atoms with van der Waals surface area (Å²) < 4.78 is 13.6. The smallest absolute Gasteiger partial charge is 0.276 e. The third-order valence-electron chi connectivity index (χ3n) is 6.50. The van der Waals surface area contributed by atoms with Gasteiger partial charge in [-0.3, -0.25) is 9.59 Å². The molecule has 1 spiro atoms. The first-order valence-electron chi connectivity index (χ1n) is 10.8.